The monoisotopic (exact) mass is 438 g/mol. The molecular weight excluding hydrogens is 428 g/mol. The lowest BCUT2D eigenvalue weighted by atomic mass is 10.1. The van der Waals surface area contributed by atoms with Gasteiger partial charge in [-0.15, -0.1) is 0 Å². The number of oxazole rings is 1. The van der Waals surface area contributed by atoms with E-state index in [0.29, 0.717) is 39.3 Å². The lowest BCUT2D eigenvalue weighted by Crippen LogP contribution is -1.96. The molecule has 0 spiro atoms. The van der Waals surface area contributed by atoms with Gasteiger partial charge in [0.1, 0.15) is 5.52 Å². The van der Waals surface area contributed by atoms with Crippen LogP contribution in [0.5, 0.6) is 5.75 Å². The Morgan fingerprint density at radius 3 is 2.55 bits per heavy atom. The van der Waals surface area contributed by atoms with Crippen LogP contribution in [-0.4, -0.2) is 26.2 Å². The topological polar surface area (TPSA) is 145 Å². The number of nitro benzene ring substituents is 2. The number of fused-ring (bicyclic) bond motifs is 1. The van der Waals surface area contributed by atoms with Crippen LogP contribution in [0.15, 0.2) is 64.0 Å². The quantitative estimate of drug-likeness (QED) is 0.248. The maximum atomic E-state index is 11.1. The van der Waals surface area contributed by atoms with Crippen LogP contribution in [0.1, 0.15) is 5.56 Å². The number of non-ortho nitro benzene ring substituents is 1. The second-order valence-corrected chi connectivity index (χ2v) is 6.73. The van der Waals surface area contributed by atoms with Gasteiger partial charge in [-0.25, -0.2) is 4.98 Å². The summed E-state index contributed by atoms with van der Waals surface area (Å²) in [4.78, 5) is 28.9. The minimum absolute atomic E-state index is 0.169. The van der Waals surface area contributed by atoms with Crippen LogP contribution in [0.25, 0.3) is 22.6 Å². The van der Waals surface area contributed by atoms with Crippen LogP contribution in [-0.2, 0) is 0 Å². The Hall–Kier alpha value is -4.31. The number of rotatable bonds is 5. The Morgan fingerprint density at radius 1 is 1.06 bits per heavy atom. The van der Waals surface area contributed by atoms with E-state index in [1.54, 1.807) is 42.5 Å². The fraction of sp³-hybridized carbons (Fsp3) is 0. The van der Waals surface area contributed by atoms with E-state index in [-0.39, 0.29) is 5.56 Å². The third-order valence-electron chi connectivity index (χ3n) is 4.34. The van der Waals surface area contributed by atoms with Crippen molar-refractivity contribution in [1.82, 2.24) is 4.98 Å². The summed E-state index contributed by atoms with van der Waals surface area (Å²) in [5.41, 5.74) is 0.494. The zero-order chi connectivity index (χ0) is 22.1. The predicted octanol–water partition coefficient (Wildman–Crippen LogP) is 5.42. The van der Waals surface area contributed by atoms with Crippen LogP contribution in [0, 0.1) is 20.2 Å². The van der Waals surface area contributed by atoms with Gasteiger partial charge < -0.3 is 9.52 Å². The van der Waals surface area contributed by atoms with Crippen molar-refractivity contribution < 1.29 is 19.4 Å². The first-order valence-electron chi connectivity index (χ1n) is 8.69. The zero-order valence-corrected chi connectivity index (χ0v) is 16.2. The number of aliphatic imine (C=N–C) groups is 1. The highest BCUT2D eigenvalue weighted by molar-refractivity contribution is 6.33. The van der Waals surface area contributed by atoms with Crippen molar-refractivity contribution in [3.8, 4) is 17.2 Å². The fourth-order valence-corrected chi connectivity index (χ4v) is 3.08. The minimum atomic E-state index is -0.905. The molecule has 0 aliphatic rings. The maximum Gasteiger partial charge on any atom is 0.318 e. The lowest BCUT2D eigenvalue weighted by Gasteiger charge is -2.01. The summed E-state index contributed by atoms with van der Waals surface area (Å²) in [7, 11) is 0. The largest absolute Gasteiger partial charge is 0.502 e. The summed E-state index contributed by atoms with van der Waals surface area (Å²) in [6, 6.07) is 13.6. The van der Waals surface area contributed by atoms with Crippen molar-refractivity contribution in [3.63, 3.8) is 0 Å². The van der Waals surface area contributed by atoms with Gasteiger partial charge in [-0.1, -0.05) is 23.7 Å². The van der Waals surface area contributed by atoms with E-state index >= 15 is 0 Å². The van der Waals surface area contributed by atoms with Gasteiger partial charge in [-0.05, 0) is 30.3 Å². The molecule has 1 heterocycles. The van der Waals surface area contributed by atoms with E-state index in [2.05, 4.69) is 9.98 Å². The van der Waals surface area contributed by atoms with Gasteiger partial charge in [0.05, 0.1) is 32.2 Å². The maximum absolute atomic E-state index is 11.1. The van der Waals surface area contributed by atoms with Crippen molar-refractivity contribution in [2.24, 2.45) is 4.99 Å². The molecule has 0 bridgehead atoms. The van der Waals surface area contributed by atoms with Gasteiger partial charge in [0.15, 0.2) is 5.58 Å². The molecular formula is C20H11ClN4O6. The van der Waals surface area contributed by atoms with Crippen LogP contribution >= 0.6 is 11.6 Å². The molecule has 10 nitrogen and oxygen atoms in total. The summed E-state index contributed by atoms with van der Waals surface area (Å²) in [5.74, 6) is -0.392. The van der Waals surface area contributed by atoms with Crippen molar-refractivity contribution in [2.75, 3.05) is 0 Å². The van der Waals surface area contributed by atoms with Gasteiger partial charge in [-0.2, -0.15) is 0 Å². The van der Waals surface area contributed by atoms with Gasteiger partial charge in [-0.3, -0.25) is 25.2 Å². The molecule has 1 N–H and O–H groups in total. The Kier molecular flexibility index (Phi) is 5.05. The smallest absolute Gasteiger partial charge is 0.318 e. The molecule has 0 fully saturated rings. The number of phenolic OH excluding ortho intramolecular Hbond substituents is 1. The first-order valence-corrected chi connectivity index (χ1v) is 9.06. The summed E-state index contributed by atoms with van der Waals surface area (Å²) in [6.45, 7) is 0. The Bertz CT molecular complexity index is 1380. The van der Waals surface area contributed by atoms with Crippen LogP contribution in [0.3, 0.4) is 0 Å². The van der Waals surface area contributed by atoms with Crippen LogP contribution in [0.4, 0.5) is 17.1 Å². The van der Waals surface area contributed by atoms with Crippen molar-refractivity contribution >= 4 is 46.0 Å². The third-order valence-corrected chi connectivity index (χ3v) is 4.67. The Balaban J connectivity index is 1.71. The number of aromatic nitrogens is 1. The molecule has 0 aliphatic carbocycles. The van der Waals surface area contributed by atoms with Crippen molar-refractivity contribution in [2.45, 2.75) is 0 Å². The molecule has 4 aromatic rings. The standard InChI is InChI=1S/C20H11ClN4O6/c21-15-4-2-1-3-14(15)20-23-16-8-12(5-6-18(16)31-20)22-10-11-7-13(24(27)28)9-17(19(11)26)25(29)30/h1-10,26H. The number of halogens is 1. The van der Waals surface area contributed by atoms with Crippen molar-refractivity contribution in [3.05, 3.63) is 85.4 Å². The van der Waals surface area contributed by atoms with Gasteiger partial charge in [0, 0.05) is 17.8 Å². The number of aromatic hydroxyl groups is 1. The number of nitrogens with zero attached hydrogens (tertiary/aromatic N) is 4. The van der Waals surface area contributed by atoms with E-state index in [1.165, 1.54) is 0 Å². The lowest BCUT2D eigenvalue weighted by molar-refractivity contribution is -0.394. The van der Waals surface area contributed by atoms with E-state index < -0.39 is 27.0 Å². The van der Waals surface area contributed by atoms with Crippen LogP contribution < -0.4 is 0 Å². The molecule has 154 valence electrons. The highest BCUT2D eigenvalue weighted by Crippen LogP contribution is 2.34. The summed E-state index contributed by atoms with van der Waals surface area (Å²) in [5, 5.41) is 32.7. The second-order valence-electron chi connectivity index (χ2n) is 6.33. The normalized spacial score (nSPS) is 11.3. The molecule has 3 aromatic carbocycles. The van der Waals surface area contributed by atoms with Gasteiger partial charge in [0.2, 0.25) is 11.6 Å². The van der Waals surface area contributed by atoms with Crippen molar-refractivity contribution in [1.29, 1.82) is 0 Å². The molecule has 11 heteroatoms. The summed E-state index contributed by atoms with van der Waals surface area (Å²) < 4.78 is 5.72. The van der Waals surface area contributed by atoms with E-state index in [1.807, 2.05) is 0 Å². The third kappa shape index (κ3) is 3.91. The Morgan fingerprint density at radius 2 is 1.84 bits per heavy atom. The number of hydrogen-bond acceptors (Lipinski definition) is 8. The summed E-state index contributed by atoms with van der Waals surface area (Å²) >= 11 is 6.18. The zero-order valence-electron chi connectivity index (χ0n) is 15.4. The molecule has 0 saturated carbocycles. The SMILES string of the molecule is O=[N+]([O-])c1cc(C=Nc2ccc3oc(-c4ccccc4Cl)nc3c2)c(O)c([N+](=O)[O-])c1. The molecule has 0 saturated heterocycles. The highest BCUT2D eigenvalue weighted by atomic mass is 35.5. The van der Waals surface area contributed by atoms with E-state index in [0.717, 1.165) is 12.3 Å². The molecule has 31 heavy (non-hydrogen) atoms. The molecule has 0 unspecified atom stereocenters. The van der Waals surface area contributed by atoms with E-state index in [4.69, 9.17) is 16.0 Å². The molecule has 0 aliphatic heterocycles. The first-order chi connectivity index (χ1) is 14.8. The number of hydrogen-bond donors (Lipinski definition) is 1. The summed E-state index contributed by atoms with van der Waals surface area (Å²) in [6.07, 6.45) is 1.10. The Labute approximate surface area is 178 Å². The first kappa shape index (κ1) is 20.0. The number of phenols is 1. The van der Waals surface area contributed by atoms with Gasteiger partial charge in [0.25, 0.3) is 5.69 Å². The van der Waals surface area contributed by atoms with E-state index in [9.17, 15) is 25.3 Å². The minimum Gasteiger partial charge on any atom is -0.502 e. The molecule has 0 radical (unpaired) electrons. The van der Waals surface area contributed by atoms with Crippen LogP contribution in [0.2, 0.25) is 5.02 Å². The average Bonchev–Trinajstić information content (AvgIpc) is 3.16. The number of benzene rings is 3. The molecule has 0 amide bonds. The molecule has 0 atom stereocenters. The average molecular weight is 439 g/mol. The second kappa shape index (κ2) is 7.84. The molecule has 4 rings (SSSR count). The fourth-order valence-electron chi connectivity index (χ4n) is 2.86. The predicted molar refractivity (Wildman–Crippen MR) is 113 cm³/mol. The highest BCUT2D eigenvalue weighted by Gasteiger charge is 2.23. The molecule has 1 aromatic heterocycles. The van der Waals surface area contributed by atoms with Gasteiger partial charge >= 0.3 is 5.69 Å². The number of nitro groups is 2.